The van der Waals surface area contributed by atoms with Gasteiger partial charge in [-0.2, -0.15) is 0 Å². The molecule has 0 spiro atoms. The van der Waals surface area contributed by atoms with Crippen LogP contribution in [0.1, 0.15) is 19.8 Å². The van der Waals surface area contributed by atoms with Crippen molar-refractivity contribution in [3.63, 3.8) is 0 Å². The van der Waals surface area contributed by atoms with E-state index in [0.29, 0.717) is 26.3 Å². The molecule has 2 saturated heterocycles. The maximum absolute atomic E-state index is 12.2. The Hall–Kier alpha value is -1.10. The molecule has 0 N–H and O–H groups in total. The minimum absolute atomic E-state index is 0.00381. The Kier molecular flexibility index (Phi) is 3.43. The van der Waals surface area contributed by atoms with Gasteiger partial charge in [0, 0.05) is 26.6 Å². The quantitative estimate of drug-likeness (QED) is 0.625. The summed E-state index contributed by atoms with van der Waals surface area (Å²) in [5, 5.41) is 0. The predicted octanol–water partition coefficient (Wildman–Crippen LogP) is -0.144. The van der Waals surface area contributed by atoms with Crippen molar-refractivity contribution in [2.75, 3.05) is 32.8 Å². The van der Waals surface area contributed by atoms with Crippen LogP contribution in [0.2, 0.25) is 0 Å². The van der Waals surface area contributed by atoms with E-state index in [0.717, 1.165) is 19.4 Å². The second-order valence-electron chi connectivity index (χ2n) is 4.31. The number of likely N-dealkylation sites (tertiary alicyclic amines) is 1. The number of carbonyl (C=O) groups is 2. The zero-order chi connectivity index (χ0) is 11.5. The third kappa shape index (κ3) is 2.19. The highest BCUT2D eigenvalue weighted by Crippen LogP contribution is 2.19. The van der Waals surface area contributed by atoms with Gasteiger partial charge in [-0.1, -0.05) is 0 Å². The summed E-state index contributed by atoms with van der Waals surface area (Å²) in [6.45, 7) is 4.78. The van der Waals surface area contributed by atoms with Crippen LogP contribution >= 0.6 is 0 Å². The van der Waals surface area contributed by atoms with Gasteiger partial charge in [0.15, 0.2) is 0 Å². The SMILES string of the molecule is CC(=O)N1CCCC1C(=O)N1CCOCC1. The standard InChI is InChI=1S/C11H18N2O3/c1-9(14)13-4-2-3-10(13)11(15)12-5-7-16-8-6-12/h10H,2-8H2,1H3. The molecule has 16 heavy (non-hydrogen) atoms. The minimum Gasteiger partial charge on any atom is -0.378 e. The number of amides is 2. The Morgan fingerprint density at radius 2 is 1.88 bits per heavy atom. The van der Waals surface area contributed by atoms with Gasteiger partial charge < -0.3 is 14.5 Å². The van der Waals surface area contributed by atoms with Crippen molar-refractivity contribution >= 4 is 11.8 Å². The first-order valence-electron chi connectivity index (χ1n) is 5.84. The van der Waals surface area contributed by atoms with Gasteiger partial charge in [0.2, 0.25) is 11.8 Å². The summed E-state index contributed by atoms with van der Waals surface area (Å²) >= 11 is 0. The lowest BCUT2D eigenvalue weighted by Gasteiger charge is -2.32. The molecular formula is C11H18N2O3. The molecule has 0 bridgehead atoms. The van der Waals surface area contributed by atoms with Gasteiger partial charge in [0.25, 0.3) is 0 Å². The molecule has 90 valence electrons. The molecular weight excluding hydrogens is 208 g/mol. The van der Waals surface area contributed by atoms with Gasteiger partial charge in [0.05, 0.1) is 13.2 Å². The van der Waals surface area contributed by atoms with Crippen molar-refractivity contribution < 1.29 is 14.3 Å². The van der Waals surface area contributed by atoms with Crippen LogP contribution in [0.4, 0.5) is 0 Å². The molecule has 2 heterocycles. The minimum atomic E-state index is -0.226. The predicted molar refractivity (Wildman–Crippen MR) is 57.8 cm³/mol. The number of hydrogen-bond donors (Lipinski definition) is 0. The Morgan fingerprint density at radius 1 is 1.19 bits per heavy atom. The fourth-order valence-corrected chi connectivity index (χ4v) is 2.39. The summed E-state index contributed by atoms with van der Waals surface area (Å²) < 4.78 is 5.21. The van der Waals surface area contributed by atoms with E-state index < -0.39 is 0 Å². The molecule has 2 fully saturated rings. The maximum Gasteiger partial charge on any atom is 0.245 e. The molecule has 2 aliphatic heterocycles. The molecule has 0 saturated carbocycles. The van der Waals surface area contributed by atoms with E-state index >= 15 is 0 Å². The largest absolute Gasteiger partial charge is 0.378 e. The molecule has 0 radical (unpaired) electrons. The third-order valence-corrected chi connectivity index (χ3v) is 3.27. The Morgan fingerprint density at radius 3 is 2.50 bits per heavy atom. The first-order chi connectivity index (χ1) is 7.70. The zero-order valence-electron chi connectivity index (χ0n) is 9.65. The van der Waals surface area contributed by atoms with Crippen LogP contribution in [-0.2, 0) is 14.3 Å². The Labute approximate surface area is 95.3 Å². The van der Waals surface area contributed by atoms with Crippen molar-refractivity contribution in [3.05, 3.63) is 0 Å². The molecule has 2 amide bonds. The number of hydrogen-bond acceptors (Lipinski definition) is 3. The van der Waals surface area contributed by atoms with E-state index in [1.165, 1.54) is 6.92 Å². The first kappa shape index (κ1) is 11.4. The highest BCUT2D eigenvalue weighted by Gasteiger charge is 2.35. The van der Waals surface area contributed by atoms with Crippen LogP contribution in [-0.4, -0.2) is 60.5 Å². The van der Waals surface area contributed by atoms with Crippen molar-refractivity contribution in [3.8, 4) is 0 Å². The van der Waals surface area contributed by atoms with E-state index in [1.807, 2.05) is 4.90 Å². The van der Waals surface area contributed by atoms with E-state index in [-0.39, 0.29) is 17.9 Å². The van der Waals surface area contributed by atoms with Crippen molar-refractivity contribution in [2.45, 2.75) is 25.8 Å². The number of nitrogens with zero attached hydrogens (tertiary/aromatic N) is 2. The van der Waals surface area contributed by atoms with E-state index in [9.17, 15) is 9.59 Å². The van der Waals surface area contributed by atoms with Crippen molar-refractivity contribution in [1.82, 2.24) is 9.80 Å². The number of rotatable bonds is 1. The second-order valence-corrected chi connectivity index (χ2v) is 4.31. The lowest BCUT2D eigenvalue weighted by atomic mass is 10.2. The van der Waals surface area contributed by atoms with E-state index in [1.54, 1.807) is 4.90 Å². The topological polar surface area (TPSA) is 49.9 Å². The normalized spacial score (nSPS) is 25.9. The number of carbonyl (C=O) groups excluding carboxylic acids is 2. The Balaban J connectivity index is 1.99. The Bertz CT molecular complexity index is 287. The summed E-state index contributed by atoms with van der Waals surface area (Å²) in [4.78, 5) is 27.1. The molecule has 0 aromatic carbocycles. The van der Waals surface area contributed by atoms with E-state index in [2.05, 4.69) is 0 Å². The molecule has 5 heteroatoms. The summed E-state index contributed by atoms with van der Waals surface area (Å²) in [6, 6.07) is -0.226. The molecule has 2 aliphatic rings. The van der Waals surface area contributed by atoms with Crippen molar-refractivity contribution in [2.24, 2.45) is 0 Å². The monoisotopic (exact) mass is 226 g/mol. The number of morpholine rings is 1. The zero-order valence-corrected chi connectivity index (χ0v) is 9.65. The van der Waals surface area contributed by atoms with Crippen LogP contribution in [0.25, 0.3) is 0 Å². The average Bonchev–Trinajstić information content (AvgIpc) is 2.78. The van der Waals surface area contributed by atoms with Gasteiger partial charge >= 0.3 is 0 Å². The number of ether oxygens (including phenoxy) is 1. The summed E-state index contributed by atoms with van der Waals surface area (Å²) in [6.07, 6.45) is 1.73. The van der Waals surface area contributed by atoms with Crippen LogP contribution in [0.15, 0.2) is 0 Å². The molecule has 0 aliphatic carbocycles. The average molecular weight is 226 g/mol. The highest BCUT2D eigenvalue weighted by molar-refractivity contribution is 5.87. The van der Waals surface area contributed by atoms with Crippen LogP contribution < -0.4 is 0 Å². The smallest absolute Gasteiger partial charge is 0.245 e. The summed E-state index contributed by atoms with van der Waals surface area (Å²) in [5.74, 6) is 0.0973. The maximum atomic E-state index is 12.2. The third-order valence-electron chi connectivity index (χ3n) is 3.27. The summed E-state index contributed by atoms with van der Waals surface area (Å²) in [5.41, 5.74) is 0. The van der Waals surface area contributed by atoms with Gasteiger partial charge in [-0.15, -0.1) is 0 Å². The fourth-order valence-electron chi connectivity index (χ4n) is 2.39. The fraction of sp³-hybridized carbons (Fsp3) is 0.818. The van der Waals surface area contributed by atoms with Crippen LogP contribution in [0.5, 0.6) is 0 Å². The van der Waals surface area contributed by atoms with Gasteiger partial charge in [-0.3, -0.25) is 9.59 Å². The lowest BCUT2D eigenvalue weighted by Crippen LogP contribution is -2.50. The molecule has 0 aromatic heterocycles. The second kappa shape index (κ2) is 4.82. The highest BCUT2D eigenvalue weighted by atomic mass is 16.5. The van der Waals surface area contributed by atoms with E-state index in [4.69, 9.17) is 4.74 Å². The first-order valence-corrected chi connectivity index (χ1v) is 5.84. The van der Waals surface area contributed by atoms with Gasteiger partial charge in [-0.25, -0.2) is 0 Å². The van der Waals surface area contributed by atoms with Crippen LogP contribution in [0, 0.1) is 0 Å². The van der Waals surface area contributed by atoms with Crippen molar-refractivity contribution in [1.29, 1.82) is 0 Å². The molecule has 0 aromatic rings. The van der Waals surface area contributed by atoms with Gasteiger partial charge in [0.1, 0.15) is 6.04 Å². The molecule has 1 atom stereocenters. The molecule has 5 nitrogen and oxygen atoms in total. The molecule has 1 unspecified atom stereocenters. The van der Waals surface area contributed by atoms with Gasteiger partial charge in [-0.05, 0) is 12.8 Å². The molecule has 2 rings (SSSR count). The lowest BCUT2D eigenvalue weighted by molar-refractivity contribution is -0.145. The van der Waals surface area contributed by atoms with Crippen LogP contribution in [0.3, 0.4) is 0 Å². The summed E-state index contributed by atoms with van der Waals surface area (Å²) in [7, 11) is 0.